The lowest BCUT2D eigenvalue weighted by molar-refractivity contribution is -0.157. The van der Waals surface area contributed by atoms with Crippen LogP contribution in [-0.4, -0.2) is 29.1 Å². The molecule has 0 amide bonds. The maximum atomic E-state index is 13.2. The number of likely N-dealkylation sites (tertiary alicyclic amines) is 1. The van der Waals surface area contributed by atoms with Gasteiger partial charge in [-0.15, -0.1) is 0 Å². The summed E-state index contributed by atoms with van der Waals surface area (Å²) in [5.41, 5.74) is 5.41. The van der Waals surface area contributed by atoms with Crippen molar-refractivity contribution < 1.29 is 9.90 Å². The maximum absolute atomic E-state index is 13.2. The predicted molar refractivity (Wildman–Crippen MR) is 126 cm³/mol. The van der Waals surface area contributed by atoms with E-state index < -0.39 is 11.4 Å². The van der Waals surface area contributed by atoms with Gasteiger partial charge in [-0.1, -0.05) is 84.4 Å². The Morgan fingerprint density at radius 3 is 2.47 bits per heavy atom. The van der Waals surface area contributed by atoms with Crippen LogP contribution in [0.3, 0.4) is 0 Å². The van der Waals surface area contributed by atoms with Crippen LogP contribution >= 0.6 is 0 Å². The summed E-state index contributed by atoms with van der Waals surface area (Å²) in [4.78, 5) is 15.6. The summed E-state index contributed by atoms with van der Waals surface area (Å²) in [6.45, 7) is 4.36. The van der Waals surface area contributed by atoms with Crippen LogP contribution in [0.2, 0.25) is 0 Å². The van der Waals surface area contributed by atoms with E-state index in [1.807, 2.05) is 6.07 Å². The van der Waals surface area contributed by atoms with Crippen molar-refractivity contribution in [2.24, 2.45) is 11.3 Å². The number of nitrogens with zero attached hydrogens (tertiary/aromatic N) is 1. The molecule has 1 aliphatic heterocycles. The van der Waals surface area contributed by atoms with Gasteiger partial charge in [-0.25, -0.2) is 0 Å². The fourth-order valence-electron chi connectivity index (χ4n) is 7.36. The smallest absolute Gasteiger partial charge is 0.311 e. The molecule has 2 bridgehead atoms. The number of carboxylic acids is 1. The molecule has 1 saturated heterocycles. The van der Waals surface area contributed by atoms with Crippen LogP contribution in [0.15, 0.2) is 78.9 Å². The van der Waals surface area contributed by atoms with Crippen molar-refractivity contribution in [1.82, 2.24) is 4.90 Å². The van der Waals surface area contributed by atoms with E-state index in [-0.39, 0.29) is 17.3 Å². The Kier molecular flexibility index (Phi) is 4.35. The lowest BCUT2D eigenvalue weighted by atomic mass is 9.42. The predicted octanol–water partition coefficient (Wildman–Crippen LogP) is 5.38. The normalized spacial score (nSPS) is 30.7. The Bertz CT molecular complexity index is 1170. The van der Waals surface area contributed by atoms with Gasteiger partial charge in [0, 0.05) is 36.9 Å². The summed E-state index contributed by atoms with van der Waals surface area (Å²) < 4.78 is 0. The molecule has 2 fully saturated rings. The van der Waals surface area contributed by atoms with E-state index in [0.29, 0.717) is 6.54 Å². The molecule has 4 unspecified atom stereocenters. The average Bonchev–Trinajstić information content (AvgIpc) is 3.22. The van der Waals surface area contributed by atoms with Crippen molar-refractivity contribution in [1.29, 1.82) is 0 Å². The number of aryl methyl sites for hydroxylation is 1. The van der Waals surface area contributed by atoms with E-state index in [4.69, 9.17) is 0 Å². The van der Waals surface area contributed by atoms with Gasteiger partial charge in [0.25, 0.3) is 0 Å². The molecule has 32 heavy (non-hydrogen) atoms. The zero-order chi connectivity index (χ0) is 21.9. The molecule has 1 saturated carbocycles. The second-order valence-electron chi connectivity index (χ2n) is 10.1. The van der Waals surface area contributed by atoms with E-state index in [2.05, 4.69) is 84.6 Å². The van der Waals surface area contributed by atoms with Gasteiger partial charge in [-0.2, -0.15) is 0 Å². The van der Waals surface area contributed by atoms with Crippen LogP contribution in [0.1, 0.15) is 46.6 Å². The Morgan fingerprint density at radius 1 is 1.00 bits per heavy atom. The maximum Gasteiger partial charge on any atom is 0.311 e. The Balaban J connectivity index is 1.54. The first kappa shape index (κ1) is 19.8. The summed E-state index contributed by atoms with van der Waals surface area (Å²) in [5.74, 6) is -0.476. The second kappa shape index (κ2) is 7.05. The average molecular weight is 424 g/mol. The first-order valence-electron chi connectivity index (χ1n) is 11.7. The SMILES string of the molecule is Cc1ccc(C23CCC(c4ccccc42)C2(C(=O)O)CN(Cc4ccccc4)CC32)cc1. The van der Waals surface area contributed by atoms with Gasteiger partial charge in [0.15, 0.2) is 0 Å². The summed E-state index contributed by atoms with van der Waals surface area (Å²) in [5, 5.41) is 10.8. The molecule has 1 N–H and O–H groups in total. The van der Waals surface area contributed by atoms with E-state index in [1.165, 1.54) is 27.8 Å². The topological polar surface area (TPSA) is 40.5 Å². The second-order valence-corrected chi connectivity index (χ2v) is 10.1. The van der Waals surface area contributed by atoms with Crippen molar-refractivity contribution in [3.8, 4) is 0 Å². The highest BCUT2D eigenvalue weighted by Gasteiger charge is 2.70. The molecule has 0 aromatic heterocycles. The number of fused-ring (bicyclic) bond motifs is 1. The van der Waals surface area contributed by atoms with Gasteiger partial charge in [-0.3, -0.25) is 9.69 Å². The van der Waals surface area contributed by atoms with Crippen LogP contribution in [0, 0.1) is 18.3 Å². The summed E-state index contributed by atoms with van der Waals surface area (Å²) >= 11 is 0. The van der Waals surface area contributed by atoms with Crippen molar-refractivity contribution in [2.75, 3.05) is 13.1 Å². The highest BCUT2D eigenvalue weighted by atomic mass is 16.4. The molecular formula is C29H29NO2. The van der Waals surface area contributed by atoms with E-state index in [0.717, 1.165) is 25.9 Å². The lowest BCUT2D eigenvalue weighted by Crippen LogP contribution is -2.60. The zero-order valence-electron chi connectivity index (χ0n) is 18.5. The third-order valence-corrected chi connectivity index (χ3v) is 8.62. The summed E-state index contributed by atoms with van der Waals surface area (Å²) in [6.07, 6.45) is 1.96. The van der Waals surface area contributed by atoms with Crippen LogP contribution < -0.4 is 0 Å². The van der Waals surface area contributed by atoms with Crippen LogP contribution in [0.5, 0.6) is 0 Å². The molecule has 0 spiro atoms. The number of benzene rings is 3. The van der Waals surface area contributed by atoms with E-state index in [1.54, 1.807) is 0 Å². The number of hydrogen-bond donors (Lipinski definition) is 1. The molecule has 1 heterocycles. The fraction of sp³-hybridized carbons (Fsp3) is 0.345. The molecule has 3 aliphatic carbocycles. The van der Waals surface area contributed by atoms with E-state index >= 15 is 0 Å². The number of carbonyl (C=O) groups is 1. The molecular weight excluding hydrogens is 394 g/mol. The molecule has 7 rings (SSSR count). The molecule has 3 aromatic carbocycles. The molecule has 4 aliphatic rings. The van der Waals surface area contributed by atoms with Crippen molar-refractivity contribution >= 4 is 5.97 Å². The summed E-state index contributed by atoms with van der Waals surface area (Å²) in [7, 11) is 0. The molecule has 3 aromatic rings. The Labute approximate surface area is 189 Å². The van der Waals surface area contributed by atoms with Gasteiger partial charge in [-0.05, 0) is 42.0 Å². The Hall–Kier alpha value is -2.91. The van der Waals surface area contributed by atoms with Crippen molar-refractivity contribution in [3.05, 3.63) is 107 Å². The van der Waals surface area contributed by atoms with Crippen LogP contribution in [-0.2, 0) is 16.8 Å². The molecule has 3 nitrogen and oxygen atoms in total. The quantitative estimate of drug-likeness (QED) is 0.613. The van der Waals surface area contributed by atoms with Gasteiger partial charge in [0.2, 0.25) is 0 Å². The highest BCUT2D eigenvalue weighted by molar-refractivity contribution is 5.80. The van der Waals surface area contributed by atoms with Crippen molar-refractivity contribution in [2.45, 2.75) is 37.6 Å². The van der Waals surface area contributed by atoms with E-state index in [9.17, 15) is 9.90 Å². The highest BCUT2D eigenvalue weighted by Crippen LogP contribution is 2.68. The standard InChI is InChI=1S/C29H29NO2/c1-20-11-13-22(14-12-20)28-16-15-25(23-9-5-6-10-24(23)28)29(27(31)32)19-30(18-26(28)29)17-21-7-3-2-4-8-21/h2-14,25-26H,15-19H2,1H3,(H,31,32). The number of rotatable bonds is 4. The number of hydrogen-bond acceptors (Lipinski definition) is 2. The van der Waals surface area contributed by atoms with Gasteiger partial charge in [0.05, 0.1) is 5.41 Å². The first-order chi connectivity index (χ1) is 15.6. The monoisotopic (exact) mass is 423 g/mol. The van der Waals surface area contributed by atoms with Gasteiger partial charge in [0.1, 0.15) is 0 Å². The van der Waals surface area contributed by atoms with Gasteiger partial charge >= 0.3 is 5.97 Å². The third kappa shape index (κ3) is 2.55. The minimum absolute atomic E-state index is 0.0626. The lowest BCUT2D eigenvalue weighted by Gasteiger charge is -2.59. The van der Waals surface area contributed by atoms with Gasteiger partial charge < -0.3 is 5.11 Å². The number of aliphatic carboxylic acids is 1. The van der Waals surface area contributed by atoms with Crippen molar-refractivity contribution in [3.63, 3.8) is 0 Å². The Morgan fingerprint density at radius 2 is 1.72 bits per heavy atom. The molecule has 3 heteroatoms. The zero-order valence-corrected chi connectivity index (χ0v) is 18.5. The number of carboxylic acid groups (broad SMARTS) is 1. The van der Waals surface area contributed by atoms with Crippen LogP contribution in [0.25, 0.3) is 0 Å². The summed E-state index contributed by atoms with van der Waals surface area (Å²) in [6, 6.07) is 28.0. The third-order valence-electron chi connectivity index (χ3n) is 8.62. The largest absolute Gasteiger partial charge is 0.481 e. The first-order valence-corrected chi connectivity index (χ1v) is 11.7. The minimum atomic E-state index is -0.744. The fourth-order valence-corrected chi connectivity index (χ4v) is 7.36. The van der Waals surface area contributed by atoms with Crippen LogP contribution in [0.4, 0.5) is 0 Å². The molecule has 4 atom stereocenters. The molecule has 162 valence electrons. The minimum Gasteiger partial charge on any atom is -0.481 e. The molecule has 0 radical (unpaired) electrons.